The zero-order chi connectivity index (χ0) is 47.7. The molecule has 0 spiro atoms. The van der Waals surface area contributed by atoms with E-state index in [1.807, 2.05) is 0 Å². The predicted octanol–water partition coefficient (Wildman–Crippen LogP) is 20.4. The molecule has 0 unspecified atom stereocenters. The van der Waals surface area contributed by atoms with Gasteiger partial charge in [0.15, 0.2) is 0 Å². The van der Waals surface area contributed by atoms with E-state index in [1.165, 1.54) is 187 Å². The number of rotatable bonds is 4. The molecule has 14 aromatic carbocycles. The van der Waals surface area contributed by atoms with Crippen molar-refractivity contribution in [3.8, 4) is 89.0 Å². The van der Waals surface area contributed by atoms with Gasteiger partial charge in [-0.25, -0.2) is 0 Å². The maximum absolute atomic E-state index is 2.48. The second-order valence-corrected chi connectivity index (χ2v) is 20.7. The maximum Gasteiger partial charge on any atom is -0.000730 e. The lowest BCUT2D eigenvalue weighted by Gasteiger charge is -2.22. The van der Waals surface area contributed by atoms with Crippen LogP contribution in [-0.2, 0) is 0 Å². The summed E-state index contributed by atoms with van der Waals surface area (Å²) >= 11 is 0. The van der Waals surface area contributed by atoms with E-state index in [4.69, 9.17) is 0 Å². The molecule has 0 heteroatoms. The highest BCUT2D eigenvalue weighted by Crippen LogP contribution is 2.63. The predicted molar refractivity (Wildman–Crippen MR) is 310 cm³/mol. The van der Waals surface area contributed by atoms with Gasteiger partial charge in [0.1, 0.15) is 0 Å². The molecule has 0 saturated carbocycles. The third-order valence-corrected chi connectivity index (χ3v) is 17.0. The smallest absolute Gasteiger partial charge is 0.000730 e. The van der Waals surface area contributed by atoms with E-state index in [0.29, 0.717) is 0 Å². The Morgan fingerprint density at radius 1 is 0.181 bits per heavy atom. The number of aryl methyl sites for hydroxylation is 4. The molecule has 0 fully saturated rings. The first-order valence-corrected chi connectivity index (χ1v) is 25.5. The zero-order valence-electron chi connectivity index (χ0n) is 40.6. The average Bonchev–Trinajstić information content (AvgIpc) is 3.93. The Hall–Kier alpha value is -8.84. The van der Waals surface area contributed by atoms with Crippen LogP contribution in [-0.4, -0.2) is 0 Å². The van der Waals surface area contributed by atoms with Crippen LogP contribution in [0.1, 0.15) is 22.3 Å². The van der Waals surface area contributed by atoms with Crippen molar-refractivity contribution in [3.63, 3.8) is 0 Å². The average molecular weight is 911 g/mol. The molecule has 72 heavy (non-hydrogen) atoms. The standard InChI is InChI=1S/C72H46/c1-39-17-5-11-23-45(39)61-49-27-15-16-28-50(49)62(46-24-12-6-18-40(46)2)70-56-34-30-52-54-32-36-58-68-57(35-31-53(66(54)68)51-29-33-55(69(61)70)67(56)65(51)52)71-63(47-25-13-7-19-41(47)3)59-37-43-21-9-10-22-44(43)38-60(59)64(72(58)71)48-26-14-8-20-42(48)4/h5-38H,1-4H3. The van der Waals surface area contributed by atoms with Gasteiger partial charge in [0, 0.05) is 0 Å². The zero-order valence-corrected chi connectivity index (χ0v) is 40.6. The summed E-state index contributed by atoms with van der Waals surface area (Å²) in [6.45, 7) is 9.10. The minimum Gasteiger partial charge on any atom is -0.0620 e. The third kappa shape index (κ3) is 5.06. The van der Waals surface area contributed by atoms with Gasteiger partial charge >= 0.3 is 0 Å². The molecule has 0 atom stereocenters. The lowest BCUT2D eigenvalue weighted by atomic mass is 9.80. The van der Waals surface area contributed by atoms with Crippen LogP contribution >= 0.6 is 0 Å². The third-order valence-electron chi connectivity index (χ3n) is 17.0. The largest absolute Gasteiger partial charge is 0.0620 e. The Balaban J connectivity index is 1.06. The van der Waals surface area contributed by atoms with Gasteiger partial charge in [-0.2, -0.15) is 0 Å². The molecule has 0 aromatic heterocycles. The first-order valence-electron chi connectivity index (χ1n) is 25.5. The van der Waals surface area contributed by atoms with Crippen molar-refractivity contribution in [2.24, 2.45) is 0 Å². The van der Waals surface area contributed by atoms with Crippen LogP contribution in [0.2, 0.25) is 0 Å². The molecular formula is C72H46. The van der Waals surface area contributed by atoms with Gasteiger partial charge in [-0.3, -0.25) is 0 Å². The molecule has 14 aromatic rings. The molecule has 2 aliphatic rings. The molecule has 0 saturated heterocycles. The van der Waals surface area contributed by atoms with Gasteiger partial charge in [-0.05, 0) is 227 Å². The highest BCUT2D eigenvalue weighted by molar-refractivity contribution is 6.42. The van der Waals surface area contributed by atoms with Crippen molar-refractivity contribution >= 4 is 75.4 Å². The monoisotopic (exact) mass is 910 g/mol. The van der Waals surface area contributed by atoms with Crippen molar-refractivity contribution in [2.75, 3.05) is 0 Å². The van der Waals surface area contributed by atoms with Crippen LogP contribution in [0.4, 0.5) is 0 Å². The van der Waals surface area contributed by atoms with E-state index in [1.54, 1.807) is 0 Å². The van der Waals surface area contributed by atoms with E-state index < -0.39 is 0 Å². The van der Waals surface area contributed by atoms with Crippen LogP contribution < -0.4 is 0 Å². The van der Waals surface area contributed by atoms with Crippen LogP contribution in [0.3, 0.4) is 0 Å². The molecule has 0 amide bonds. The Labute approximate surface area is 418 Å². The van der Waals surface area contributed by atoms with Crippen molar-refractivity contribution in [2.45, 2.75) is 27.7 Å². The molecular weight excluding hydrogens is 865 g/mol. The van der Waals surface area contributed by atoms with Gasteiger partial charge in [-0.15, -0.1) is 0 Å². The van der Waals surface area contributed by atoms with Crippen molar-refractivity contribution in [3.05, 3.63) is 229 Å². The van der Waals surface area contributed by atoms with Gasteiger partial charge in [-0.1, -0.05) is 194 Å². The Kier molecular flexibility index (Phi) is 7.98. The number of hydrogen-bond acceptors (Lipinski definition) is 0. The molecule has 16 rings (SSSR count). The molecule has 0 nitrogen and oxygen atoms in total. The summed E-state index contributed by atoms with van der Waals surface area (Å²) < 4.78 is 0. The normalized spacial score (nSPS) is 12.4. The fraction of sp³-hybridized carbons (Fsp3) is 0.0556. The first-order chi connectivity index (χ1) is 35.4. The molecule has 0 heterocycles. The maximum atomic E-state index is 2.48. The fourth-order valence-electron chi connectivity index (χ4n) is 13.9. The number of hydrogen-bond donors (Lipinski definition) is 0. The molecule has 0 aliphatic heterocycles. The lowest BCUT2D eigenvalue weighted by molar-refractivity contribution is 1.46. The fourth-order valence-corrected chi connectivity index (χ4v) is 13.9. The minimum atomic E-state index is 1.26. The molecule has 0 radical (unpaired) electrons. The van der Waals surface area contributed by atoms with E-state index >= 15 is 0 Å². The molecule has 0 bridgehead atoms. The number of fused-ring (bicyclic) bond motifs is 11. The Morgan fingerprint density at radius 3 is 0.750 bits per heavy atom. The van der Waals surface area contributed by atoms with Crippen LogP contribution in [0, 0.1) is 27.7 Å². The van der Waals surface area contributed by atoms with Crippen LogP contribution in [0.15, 0.2) is 206 Å². The summed E-state index contributed by atoms with van der Waals surface area (Å²) in [4.78, 5) is 0. The van der Waals surface area contributed by atoms with Crippen LogP contribution in [0.25, 0.3) is 164 Å². The first kappa shape index (κ1) is 39.9. The van der Waals surface area contributed by atoms with Gasteiger partial charge in [0.05, 0.1) is 0 Å². The topological polar surface area (TPSA) is 0 Å². The molecule has 334 valence electrons. The van der Waals surface area contributed by atoms with E-state index in [0.717, 1.165) is 0 Å². The summed E-state index contributed by atoms with van der Waals surface area (Å²) in [6.07, 6.45) is 0. The SMILES string of the molecule is Cc1ccccc1-c1c2c(c(-c3ccccc3C)c3ccccc13)-c1ccc3c4ccc5c6c(ccc(c7ccc-2c1c73)c64)-c1c-5c(-c2ccccc2C)c2cc3ccccc3cc2c1-c1ccccc1C. The highest BCUT2D eigenvalue weighted by Gasteiger charge is 2.36. The second kappa shape index (κ2) is 14.4. The van der Waals surface area contributed by atoms with Crippen molar-refractivity contribution in [1.82, 2.24) is 0 Å². The summed E-state index contributed by atoms with van der Waals surface area (Å²) in [7, 11) is 0. The Morgan fingerprint density at radius 2 is 0.444 bits per heavy atom. The van der Waals surface area contributed by atoms with Crippen molar-refractivity contribution in [1.29, 1.82) is 0 Å². The number of benzene rings is 14. The summed E-state index contributed by atoms with van der Waals surface area (Å²) in [5.41, 5.74) is 26.3. The van der Waals surface area contributed by atoms with Gasteiger partial charge in [0.25, 0.3) is 0 Å². The van der Waals surface area contributed by atoms with E-state index in [2.05, 4.69) is 234 Å². The summed E-state index contributed by atoms with van der Waals surface area (Å²) in [6, 6.07) is 78.8. The lowest BCUT2D eigenvalue weighted by Crippen LogP contribution is -1.96. The van der Waals surface area contributed by atoms with Crippen molar-refractivity contribution < 1.29 is 0 Å². The molecule has 0 N–H and O–H groups in total. The van der Waals surface area contributed by atoms with Crippen LogP contribution in [0.5, 0.6) is 0 Å². The Bertz CT molecular complexity index is 4480. The summed E-state index contributed by atoms with van der Waals surface area (Å²) in [5.74, 6) is 0. The van der Waals surface area contributed by atoms with Gasteiger partial charge in [0.2, 0.25) is 0 Å². The second-order valence-electron chi connectivity index (χ2n) is 20.7. The van der Waals surface area contributed by atoms with E-state index in [9.17, 15) is 0 Å². The van der Waals surface area contributed by atoms with Gasteiger partial charge < -0.3 is 0 Å². The highest BCUT2D eigenvalue weighted by atomic mass is 14.4. The minimum absolute atomic E-state index is 1.26. The van der Waals surface area contributed by atoms with E-state index in [-0.39, 0.29) is 0 Å². The summed E-state index contributed by atoms with van der Waals surface area (Å²) in [5, 5.41) is 18.4. The molecule has 2 aliphatic carbocycles. The quantitative estimate of drug-likeness (QED) is 0.122.